The van der Waals surface area contributed by atoms with Gasteiger partial charge in [0, 0.05) is 13.1 Å². The standard InChI is InChI=1S/C16H26N2O2S/c1-4-17-11-14-6-5-12(2)16(9-14)21(19,20)18-10-13(3)15-7-8-15/h5-6,9,13,15,17-18H,4,7-8,10-11H2,1-3H3. The van der Waals surface area contributed by atoms with Gasteiger partial charge in [0.05, 0.1) is 4.90 Å². The van der Waals surface area contributed by atoms with E-state index in [9.17, 15) is 8.42 Å². The Morgan fingerprint density at radius 1 is 1.33 bits per heavy atom. The second-order valence-electron chi connectivity index (χ2n) is 6.05. The summed E-state index contributed by atoms with van der Waals surface area (Å²) in [5, 5.41) is 3.22. The Hall–Kier alpha value is -0.910. The number of benzene rings is 1. The smallest absolute Gasteiger partial charge is 0.240 e. The van der Waals surface area contributed by atoms with E-state index in [1.807, 2.05) is 26.0 Å². The Morgan fingerprint density at radius 2 is 2.05 bits per heavy atom. The molecular formula is C16H26N2O2S. The summed E-state index contributed by atoms with van der Waals surface area (Å²) < 4.78 is 27.8. The Kier molecular flexibility index (Phi) is 5.41. The normalized spacial score (nSPS) is 16.9. The fraction of sp³-hybridized carbons (Fsp3) is 0.625. The molecule has 1 aromatic rings. The fourth-order valence-electron chi connectivity index (χ4n) is 2.46. The molecule has 5 heteroatoms. The second kappa shape index (κ2) is 6.90. The fourth-order valence-corrected chi connectivity index (χ4v) is 3.90. The van der Waals surface area contributed by atoms with Gasteiger partial charge in [0.2, 0.25) is 10.0 Å². The van der Waals surface area contributed by atoms with Crippen LogP contribution in [0.4, 0.5) is 0 Å². The van der Waals surface area contributed by atoms with E-state index in [-0.39, 0.29) is 0 Å². The molecule has 1 aromatic carbocycles. The van der Waals surface area contributed by atoms with Gasteiger partial charge in [-0.3, -0.25) is 0 Å². The van der Waals surface area contributed by atoms with Crippen LogP contribution in [0.3, 0.4) is 0 Å². The van der Waals surface area contributed by atoms with Crippen molar-refractivity contribution in [3.05, 3.63) is 29.3 Å². The number of rotatable bonds is 8. The van der Waals surface area contributed by atoms with Crippen molar-refractivity contribution in [3.63, 3.8) is 0 Å². The molecule has 0 spiro atoms. The van der Waals surface area contributed by atoms with Crippen molar-refractivity contribution >= 4 is 10.0 Å². The van der Waals surface area contributed by atoms with Gasteiger partial charge < -0.3 is 5.32 Å². The van der Waals surface area contributed by atoms with Crippen LogP contribution in [0, 0.1) is 18.8 Å². The van der Waals surface area contributed by atoms with Crippen molar-refractivity contribution in [3.8, 4) is 0 Å². The topological polar surface area (TPSA) is 58.2 Å². The number of hydrogen-bond acceptors (Lipinski definition) is 3. The number of hydrogen-bond donors (Lipinski definition) is 2. The average molecular weight is 310 g/mol. The second-order valence-corrected chi connectivity index (χ2v) is 7.78. The van der Waals surface area contributed by atoms with Gasteiger partial charge >= 0.3 is 0 Å². The van der Waals surface area contributed by atoms with E-state index in [0.29, 0.717) is 29.8 Å². The summed E-state index contributed by atoms with van der Waals surface area (Å²) in [5.41, 5.74) is 1.79. The molecule has 1 saturated carbocycles. The van der Waals surface area contributed by atoms with Crippen molar-refractivity contribution in [1.82, 2.24) is 10.0 Å². The van der Waals surface area contributed by atoms with Crippen LogP contribution < -0.4 is 10.0 Å². The van der Waals surface area contributed by atoms with Gasteiger partial charge in [-0.1, -0.05) is 26.0 Å². The van der Waals surface area contributed by atoms with Gasteiger partial charge in [-0.15, -0.1) is 0 Å². The van der Waals surface area contributed by atoms with Gasteiger partial charge in [-0.25, -0.2) is 13.1 Å². The Balaban J connectivity index is 2.09. The van der Waals surface area contributed by atoms with Crippen molar-refractivity contribution in [2.45, 2.75) is 45.1 Å². The van der Waals surface area contributed by atoms with Crippen LogP contribution >= 0.6 is 0 Å². The van der Waals surface area contributed by atoms with Gasteiger partial charge in [0.25, 0.3) is 0 Å². The van der Waals surface area contributed by atoms with Crippen LogP contribution in [0.1, 0.15) is 37.8 Å². The first-order valence-corrected chi connectivity index (χ1v) is 9.22. The Bertz CT molecular complexity index is 580. The predicted octanol–water partition coefficient (Wildman–Crippen LogP) is 2.43. The molecule has 1 atom stereocenters. The van der Waals surface area contributed by atoms with Crippen molar-refractivity contribution in [1.29, 1.82) is 0 Å². The maximum absolute atomic E-state index is 12.5. The molecule has 0 heterocycles. The summed E-state index contributed by atoms with van der Waals surface area (Å²) >= 11 is 0. The van der Waals surface area contributed by atoms with E-state index in [2.05, 4.69) is 17.0 Å². The molecule has 0 bridgehead atoms. The third kappa shape index (κ3) is 4.53. The van der Waals surface area contributed by atoms with Crippen molar-refractivity contribution in [2.75, 3.05) is 13.1 Å². The summed E-state index contributed by atoms with van der Waals surface area (Å²) in [4.78, 5) is 0.404. The monoisotopic (exact) mass is 310 g/mol. The lowest BCUT2D eigenvalue weighted by molar-refractivity contribution is 0.491. The highest BCUT2D eigenvalue weighted by Crippen LogP contribution is 2.36. The minimum atomic E-state index is -3.42. The van der Waals surface area contributed by atoms with Crippen LogP contribution in [0.2, 0.25) is 0 Å². The number of sulfonamides is 1. The third-order valence-electron chi connectivity index (χ3n) is 4.14. The summed E-state index contributed by atoms with van der Waals surface area (Å²) in [6, 6.07) is 5.64. The zero-order valence-corrected chi connectivity index (χ0v) is 14.0. The molecule has 1 fully saturated rings. The number of aryl methyl sites for hydroxylation is 1. The minimum Gasteiger partial charge on any atom is -0.313 e. The van der Waals surface area contributed by atoms with Gasteiger partial charge in [-0.05, 0) is 55.3 Å². The van der Waals surface area contributed by atoms with E-state index in [0.717, 1.165) is 17.7 Å². The largest absolute Gasteiger partial charge is 0.313 e. The molecule has 1 aliphatic rings. The van der Waals surface area contributed by atoms with Gasteiger partial charge in [0.15, 0.2) is 0 Å². The Morgan fingerprint density at radius 3 is 2.67 bits per heavy atom. The first kappa shape index (κ1) is 16.5. The van der Waals surface area contributed by atoms with Gasteiger partial charge in [0.1, 0.15) is 0 Å². The molecule has 21 heavy (non-hydrogen) atoms. The van der Waals surface area contributed by atoms with Crippen LogP contribution in [-0.2, 0) is 16.6 Å². The molecule has 0 saturated heterocycles. The van der Waals surface area contributed by atoms with Crippen LogP contribution in [0.25, 0.3) is 0 Å². The zero-order valence-electron chi connectivity index (χ0n) is 13.1. The molecule has 4 nitrogen and oxygen atoms in total. The molecular weight excluding hydrogens is 284 g/mol. The third-order valence-corrected chi connectivity index (χ3v) is 5.71. The van der Waals surface area contributed by atoms with Crippen molar-refractivity contribution in [2.24, 2.45) is 11.8 Å². The molecule has 2 N–H and O–H groups in total. The van der Waals surface area contributed by atoms with Gasteiger partial charge in [-0.2, -0.15) is 0 Å². The highest BCUT2D eigenvalue weighted by atomic mass is 32.2. The predicted molar refractivity (Wildman–Crippen MR) is 85.6 cm³/mol. The lowest BCUT2D eigenvalue weighted by Crippen LogP contribution is -2.29. The molecule has 0 aliphatic heterocycles. The quantitative estimate of drug-likeness (QED) is 0.775. The minimum absolute atomic E-state index is 0.404. The molecule has 0 radical (unpaired) electrons. The van der Waals surface area contributed by atoms with E-state index < -0.39 is 10.0 Å². The molecule has 1 unspecified atom stereocenters. The molecule has 0 aromatic heterocycles. The maximum Gasteiger partial charge on any atom is 0.240 e. The van der Waals surface area contributed by atoms with Crippen LogP contribution in [-0.4, -0.2) is 21.5 Å². The molecule has 2 rings (SSSR count). The van der Waals surface area contributed by atoms with E-state index in [4.69, 9.17) is 0 Å². The highest BCUT2D eigenvalue weighted by Gasteiger charge is 2.29. The molecule has 1 aliphatic carbocycles. The van der Waals surface area contributed by atoms with E-state index in [1.165, 1.54) is 12.8 Å². The van der Waals surface area contributed by atoms with Crippen LogP contribution in [0.5, 0.6) is 0 Å². The highest BCUT2D eigenvalue weighted by molar-refractivity contribution is 7.89. The lowest BCUT2D eigenvalue weighted by atomic mass is 10.1. The number of nitrogens with one attached hydrogen (secondary N) is 2. The van der Waals surface area contributed by atoms with E-state index in [1.54, 1.807) is 6.07 Å². The average Bonchev–Trinajstić information content (AvgIpc) is 3.28. The Labute approximate surface area is 128 Å². The summed E-state index contributed by atoms with van der Waals surface area (Å²) in [7, 11) is -3.42. The maximum atomic E-state index is 12.5. The molecule has 118 valence electrons. The summed E-state index contributed by atoms with van der Waals surface area (Å²) in [6.45, 7) is 8.09. The van der Waals surface area contributed by atoms with Crippen molar-refractivity contribution < 1.29 is 8.42 Å². The van der Waals surface area contributed by atoms with Crippen LogP contribution in [0.15, 0.2) is 23.1 Å². The summed E-state index contributed by atoms with van der Waals surface area (Å²) in [6.07, 6.45) is 2.47. The first-order chi connectivity index (χ1) is 9.94. The first-order valence-electron chi connectivity index (χ1n) is 7.74. The van der Waals surface area contributed by atoms with E-state index >= 15 is 0 Å². The SMILES string of the molecule is CCNCc1ccc(C)c(S(=O)(=O)NCC(C)C2CC2)c1. The molecule has 0 amide bonds. The zero-order chi connectivity index (χ0) is 15.5. The lowest BCUT2D eigenvalue weighted by Gasteiger charge is -2.14. The summed E-state index contributed by atoms with van der Waals surface area (Å²) in [5.74, 6) is 1.12.